The lowest BCUT2D eigenvalue weighted by Gasteiger charge is -2.38. The first-order valence-corrected chi connectivity index (χ1v) is 15.3. The zero-order valence-electron chi connectivity index (χ0n) is 25.1. The van der Waals surface area contributed by atoms with Gasteiger partial charge in [0.15, 0.2) is 6.61 Å². The summed E-state index contributed by atoms with van der Waals surface area (Å²) < 4.78 is 59.9. The molecule has 3 unspecified atom stereocenters. The molecule has 2 saturated carbocycles. The van der Waals surface area contributed by atoms with Crippen molar-refractivity contribution in [2.45, 2.75) is 95.2 Å². The van der Waals surface area contributed by atoms with Crippen LogP contribution in [-0.2, 0) is 9.53 Å². The Hall–Kier alpha value is -3.28. The molecular formula is C31H38ClF3N4O5. The summed E-state index contributed by atoms with van der Waals surface area (Å²) >= 11 is 5.69. The van der Waals surface area contributed by atoms with Crippen molar-refractivity contribution in [3.63, 3.8) is 0 Å². The largest absolute Gasteiger partial charge is 0.484 e. The van der Waals surface area contributed by atoms with Crippen LogP contribution in [0.15, 0.2) is 35.3 Å². The molecule has 240 valence electrons. The van der Waals surface area contributed by atoms with E-state index in [9.17, 15) is 22.8 Å². The van der Waals surface area contributed by atoms with E-state index in [1.165, 1.54) is 23.1 Å². The molecule has 1 saturated heterocycles. The number of hydrogen-bond donors (Lipinski definition) is 1. The van der Waals surface area contributed by atoms with Crippen LogP contribution in [0.2, 0.25) is 5.02 Å². The summed E-state index contributed by atoms with van der Waals surface area (Å²) in [5, 5.41) is 11.4. The fourth-order valence-electron chi connectivity index (χ4n) is 6.45. The van der Waals surface area contributed by atoms with Crippen LogP contribution in [0.3, 0.4) is 0 Å². The van der Waals surface area contributed by atoms with Crippen LogP contribution in [-0.4, -0.2) is 57.8 Å². The van der Waals surface area contributed by atoms with Gasteiger partial charge in [-0.05, 0) is 76.8 Å². The predicted octanol–water partition coefficient (Wildman–Crippen LogP) is 6.98. The number of benzene rings is 1. The van der Waals surface area contributed by atoms with Gasteiger partial charge in [-0.2, -0.15) is 0 Å². The third-order valence-corrected chi connectivity index (χ3v) is 9.03. The third kappa shape index (κ3) is 7.16. The molecule has 1 aromatic heterocycles. The highest BCUT2D eigenvalue weighted by Crippen LogP contribution is 2.70. The lowest BCUT2D eigenvalue weighted by atomic mass is 9.93. The maximum Gasteiger partial charge on any atom is 0.411 e. The molecule has 2 aromatic rings. The van der Waals surface area contributed by atoms with Gasteiger partial charge in [0.05, 0.1) is 5.02 Å². The first-order valence-electron chi connectivity index (χ1n) is 14.9. The fourth-order valence-corrected chi connectivity index (χ4v) is 6.57. The van der Waals surface area contributed by atoms with Crippen molar-refractivity contribution in [2.75, 3.05) is 13.2 Å². The third-order valence-electron chi connectivity index (χ3n) is 8.72. The summed E-state index contributed by atoms with van der Waals surface area (Å²) in [6, 6.07) is 2.88. The van der Waals surface area contributed by atoms with Gasteiger partial charge >= 0.3 is 6.09 Å². The minimum Gasteiger partial charge on any atom is -0.484 e. The van der Waals surface area contributed by atoms with Gasteiger partial charge in [-0.3, -0.25) is 9.69 Å². The normalized spacial score (nSPS) is 26.8. The van der Waals surface area contributed by atoms with Crippen molar-refractivity contribution in [3.8, 4) is 5.75 Å². The van der Waals surface area contributed by atoms with Crippen LogP contribution >= 0.6 is 11.6 Å². The first kappa shape index (κ1) is 32.1. The number of ether oxygens (including phenoxy) is 2. The molecule has 1 aromatic carbocycles. The molecule has 1 N–H and O–H groups in total. The predicted molar refractivity (Wildman–Crippen MR) is 155 cm³/mol. The molecule has 2 amide bonds. The Morgan fingerprint density at radius 1 is 1.20 bits per heavy atom. The SMILES string of the molecule is C=CCC(F)(F)C1CCC2(C1)CC2c1nnc([C@H]2CC[C@H](NC(=O)COc3ccc(Cl)c(F)c3)CN2C(=O)OC(C)(C)C)o1. The fraction of sp³-hybridized carbons (Fsp3) is 0.613. The number of halogens is 4. The molecule has 2 aliphatic carbocycles. The van der Waals surface area contributed by atoms with Gasteiger partial charge in [0.2, 0.25) is 11.8 Å². The van der Waals surface area contributed by atoms with Crippen LogP contribution in [0.25, 0.3) is 0 Å². The number of nitrogens with one attached hydrogen (secondary N) is 1. The molecule has 3 aliphatic rings. The summed E-state index contributed by atoms with van der Waals surface area (Å²) in [5.74, 6) is -3.85. The van der Waals surface area contributed by atoms with Crippen molar-refractivity contribution < 1.29 is 36.7 Å². The zero-order chi connectivity index (χ0) is 31.9. The van der Waals surface area contributed by atoms with Gasteiger partial charge in [0.1, 0.15) is 23.2 Å². The van der Waals surface area contributed by atoms with E-state index in [1.54, 1.807) is 20.8 Å². The van der Waals surface area contributed by atoms with E-state index in [4.69, 9.17) is 25.5 Å². The minimum atomic E-state index is -2.78. The van der Waals surface area contributed by atoms with Crippen molar-refractivity contribution in [3.05, 3.63) is 53.5 Å². The minimum absolute atomic E-state index is 0.0538. The molecular weight excluding hydrogens is 601 g/mol. The summed E-state index contributed by atoms with van der Waals surface area (Å²) in [6.07, 6.45) is 3.49. The number of carbonyl (C=O) groups excluding carboxylic acids is 2. The number of hydrogen-bond acceptors (Lipinski definition) is 7. The maximum atomic E-state index is 14.5. The Morgan fingerprint density at radius 2 is 1.95 bits per heavy atom. The van der Waals surface area contributed by atoms with Gasteiger partial charge in [-0.25, -0.2) is 18.0 Å². The molecule has 5 atom stereocenters. The van der Waals surface area contributed by atoms with E-state index >= 15 is 0 Å². The highest BCUT2D eigenvalue weighted by atomic mass is 35.5. The topological polar surface area (TPSA) is 107 Å². The number of rotatable bonds is 9. The second kappa shape index (κ2) is 12.3. The standard InChI is InChI=1S/C31H38ClF3N4O5/c1-5-11-31(34,35)18-10-12-30(14-18)15-21(30)26-37-38-27(43-26)24-9-6-19(16-39(24)28(41)44-29(2,3)4)36-25(40)17-42-20-7-8-22(32)23(33)13-20/h5,7-8,13,18-19,21,24H,1,6,9-12,14-17H2,2-4H3,(H,36,40)/t18?,19-,21?,24+,30?/m0/s1. The van der Waals surface area contributed by atoms with E-state index in [-0.39, 0.29) is 47.6 Å². The second-order valence-electron chi connectivity index (χ2n) is 13.1. The Balaban J connectivity index is 1.23. The number of likely N-dealkylation sites (tertiary alicyclic amines) is 1. The summed E-state index contributed by atoms with van der Waals surface area (Å²) in [7, 11) is 0. The Labute approximate surface area is 259 Å². The lowest BCUT2D eigenvalue weighted by molar-refractivity contribution is -0.124. The highest BCUT2D eigenvalue weighted by Gasteiger charge is 2.63. The number of amides is 2. The van der Waals surface area contributed by atoms with Crippen LogP contribution in [0, 0.1) is 17.2 Å². The second-order valence-corrected chi connectivity index (χ2v) is 13.6. The summed E-state index contributed by atoms with van der Waals surface area (Å²) in [5.41, 5.74) is -1.03. The Bertz CT molecular complexity index is 1400. The Morgan fingerprint density at radius 3 is 2.66 bits per heavy atom. The van der Waals surface area contributed by atoms with E-state index in [0.717, 1.165) is 6.07 Å². The number of nitrogens with zero attached hydrogens (tertiary/aromatic N) is 3. The molecule has 5 rings (SSSR count). The quantitative estimate of drug-likeness (QED) is 0.295. The first-order chi connectivity index (χ1) is 20.7. The monoisotopic (exact) mass is 638 g/mol. The number of carbonyl (C=O) groups is 2. The van der Waals surface area contributed by atoms with Gasteiger partial charge in [-0.15, -0.1) is 16.8 Å². The van der Waals surface area contributed by atoms with E-state index < -0.39 is 47.3 Å². The molecule has 44 heavy (non-hydrogen) atoms. The number of alkyl halides is 2. The molecule has 1 spiro atoms. The summed E-state index contributed by atoms with van der Waals surface area (Å²) in [6.45, 7) is 8.49. The van der Waals surface area contributed by atoms with Crippen LogP contribution in [0.4, 0.5) is 18.0 Å². The number of piperidine rings is 1. The Kier molecular flexibility index (Phi) is 8.94. The van der Waals surface area contributed by atoms with E-state index in [2.05, 4.69) is 22.1 Å². The van der Waals surface area contributed by atoms with Gasteiger partial charge < -0.3 is 19.2 Å². The number of allylic oxidation sites excluding steroid dienone is 1. The average molecular weight is 639 g/mol. The zero-order valence-corrected chi connectivity index (χ0v) is 25.8. The molecule has 0 radical (unpaired) electrons. The van der Waals surface area contributed by atoms with Crippen molar-refractivity contribution >= 4 is 23.6 Å². The molecule has 1 aliphatic heterocycles. The molecule has 9 nitrogen and oxygen atoms in total. The van der Waals surface area contributed by atoms with Gasteiger partial charge in [0, 0.05) is 36.9 Å². The van der Waals surface area contributed by atoms with Crippen LogP contribution in [0.1, 0.15) is 89.5 Å². The van der Waals surface area contributed by atoms with Crippen molar-refractivity contribution in [1.29, 1.82) is 0 Å². The van der Waals surface area contributed by atoms with E-state index in [1.807, 2.05) is 0 Å². The highest BCUT2D eigenvalue weighted by molar-refractivity contribution is 6.30. The number of aromatic nitrogens is 2. The molecule has 13 heteroatoms. The van der Waals surface area contributed by atoms with E-state index in [0.29, 0.717) is 44.4 Å². The van der Waals surface area contributed by atoms with Crippen LogP contribution in [0.5, 0.6) is 5.75 Å². The average Bonchev–Trinajstić information content (AvgIpc) is 3.23. The summed E-state index contributed by atoms with van der Waals surface area (Å²) in [4.78, 5) is 27.4. The smallest absolute Gasteiger partial charge is 0.411 e. The molecule has 2 heterocycles. The van der Waals surface area contributed by atoms with Crippen molar-refractivity contribution in [2.24, 2.45) is 11.3 Å². The van der Waals surface area contributed by atoms with Crippen LogP contribution < -0.4 is 10.1 Å². The lowest BCUT2D eigenvalue weighted by Crippen LogP contribution is -2.52. The molecule has 3 fully saturated rings. The molecule has 0 bridgehead atoms. The van der Waals surface area contributed by atoms with Gasteiger partial charge in [-0.1, -0.05) is 17.7 Å². The van der Waals surface area contributed by atoms with Crippen molar-refractivity contribution in [1.82, 2.24) is 20.4 Å². The maximum absolute atomic E-state index is 14.5. The van der Waals surface area contributed by atoms with Gasteiger partial charge in [0.25, 0.3) is 11.8 Å².